The maximum atomic E-state index is 14.9. The van der Waals surface area contributed by atoms with Gasteiger partial charge in [-0.2, -0.15) is 4.58 Å². The second-order valence-corrected chi connectivity index (χ2v) is 8.97. The van der Waals surface area contributed by atoms with Crippen LogP contribution in [-0.4, -0.2) is 63.3 Å². The highest BCUT2D eigenvalue weighted by molar-refractivity contribution is 5.89. The molecule has 34 heavy (non-hydrogen) atoms. The number of aromatic nitrogens is 1. The first-order valence-electron chi connectivity index (χ1n) is 11.4. The van der Waals surface area contributed by atoms with Gasteiger partial charge in [-0.15, -0.1) is 0 Å². The standard InChI is InChI=1S/C26H28FN3O4/c1-4-24(31)30-10-9-29(14-17(30)3)15-23(19-7-8-21(18-5-6-18)22(27)12-19)34-20-11-16(2)25(26(32)33)28-13-20/h4,7-8,11-13,18,23H,1,5-6,9-10,14-15H2,2-3H3/p+1. The van der Waals surface area contributed by atoms with Crippen molar-refractivity contribution < 1.29 is 28.4 Å². The molecule has 1 aliphatic heterocycles. The Kier molecular flexibility index (Phi) is 6.88. The molecule has 1 amide bonds. The van der Waals surface area contributed by atoms with Gasteiger partial charge < -0.3 is 9.84 Å². The summed E-state index contributed by atoms with van der Waals surface area (Å²) in [5.41, 5.74) is 2.81. The predicted molar refractivity (Wildman–Crippen MR) is 125 cm³/mol. The molecule has 2 aromatic rings. The number of carbonyl (C=O) groups excluding carboxylic acids is 1. The number of ether oxygens (including phenoxy) is 1. The van der Waals surface area contributed by atoms with Crippen LogP contribution >= 0.6 is 0 Å². The van der Waals surface area contributed by atoms with Gasteiger partial charge in [-0.25, -0.2) is 19.0 Å². The van der Waals surface area contributed by atoms with Gasteiger partial charge in [-0.3, -0.25) is 4.90 Å². The summed E-state index contributed by atoms with van der Waals surface area (Å²) in [6.07, 6.45) is 4.22. The van der Waals surface area contributed by atoms with Crippen LogP contribution in [0.4, 0.5) is 4.39 Å². The number of benzene rings is 1. The van der Waals surface area contributed by atoms with Crippen molar-refractivity contribution in [2.24, 2.45) is 0 Å². The van der Waals surface area contributed by atoms with Crippen LogP contribution in [0.15, 0.2) is 43.1 Å². The number of nitrogens with zero attached hydrogens (tertiary/aromatic N) is 3. The number of carboxylic acids is 1. The lowest BCUT2D eigenvalue weighted by molar-refractivity contribution is -0.451. The van der Waals surface area contributed by atoms with Crippen molar-refractivity contribution in [3.63, 3.8) is 0 Å². The molecule has 4 rings (SSSR count). The zero-order valence-electron chi connectivity index (χ0n) is 19.5. The third kappa shape index (κ3) is 5.22. The molecular weight excluding hydrogens is 437 g/mol. The molecule has 1 unspecified atom stereocenters. The normalized spacial score (nSPS) is 17.4. The highest BCUT2D eigenvalue weighted by Crippen LogP contribution is 2.41. The first-order valence-corrected chi connectivity index (χ1v) is 11.4. The molecule has 1 saturated carbocycles. The topological polar surface area (TPSA) is 82.7 Å². The van der Waals surface area contributed by atoms with E-state index < -0.39 is 12.1 Å². The van der Waals surface area contributed by atoms with Crippen LogP contribution in [0.3, 0.4) is 0 Å². The van der Waals surface area contributed by atoms with Crippen molar-refractivity contribution in [2.45, 2.75) is 38.7 Å². The summed E-state index contributed by atoms with van der Waals surface area (Å²) in [6, 6.07) is 6.92. The van der Waals surface area contributed by atoms with Crippen LogP contribution in [-0.2, 0) is 4.79 Å². The van der Waals surface area contributed by atoms with E-state index in [9.17, 15) is 19.1 Å². The lowest BCUT2D eigenvalue weighted by Gasteiger charge is -2.29. The Morgan fingerprint density at radius 2 is 2.12 bits per heavy atom. The van der Waals surface area contributed by atoms with Gasteiger partial charge in [0.25, 0.3) is 0 Å². The first kappa shape index (κ1) is 23.8. The van der Waals surface area contributed by atoms with Gasteiger partial charge in [0, 0.05) is 19.5 Å². The minimum Gasteiger partial charge on any atom is -0.483 e. The molecule has 1 aromatic heterocycles. The molecule has 0 radical (unpaired) electrons. The third-order valence-corrected chi connectivity index (χ3v) is 6.37. The fourth-order valence-corrected chi connectivity index (χ4v) is 4.40. The molecule has 0 bridgehead atoms. The highest BCUT2D eigenvalue weighted by Gasteiger charge is 2.30. The fraction of sp³-hybridized carbons (Fsp3) is 0.385. The van der Waals surface area contributed by atoms with Gasteiger partial charge in [0.05, 0.1) is 19.3 Å². The number of amides is 1. The zero-order valence-corrected chi connectivity index (χ0v) is 19.5. The second-order valence-electron chi connectivity index (χ2n) is 8.97. The summed E-state index contributed by atoms with van der Waals surface area (Å²) in [7, 11) is 0. The van der Waals surface area contributed by atoms with Crippen molar-refractivity contribution in [1.82, 2.24) is 9.88 Å². The summed E-state index contributed by atoms with van der Waals surface area (Å²) in [4.78, 5) is 29.5. The number of aryl methyl sites for hydroxylation is 1. The van der Waals surface area contributed by atoms with Gasteiger partial charge >= 0.3 is 11.9 Å². The minimum atomic E-state index is -1.10. The van der Waals surface area contributed by atoms with Crippen LogP contribution in [0.1, 0.15) is 59.0 Å². The van der Waals surface area contributed by atoms with Crippen molar-refractivity contribution in [3.8, 4) is 5.75 Å². The molecule has 1 N–H and O–H groups in total. The Morgan fingerprint density at radius 1 is 1.35 bits per heavy atom. The number of hydrogen-bond acceptors (Lipinski definition) is 5. The Morgan fingerprint density at radius 3 is 2.71 bits per heavy atom. The largest absolute Gasteiger partial charge is 0.483 e. The van der Waals surface area contributed by atoms with Crippen LogP contribution in [0.25, 0.3) is 0 Å². The smallest absolute Gasteiger partial charge is 0.411 e. The maximum absolute atomic E-state index is 14.9. The van der Waals surface area contributed by atoms with E-state index in [-0.39, 0.29) is 17.4 Å². The molecule has 2 aliphatic rings. The van der Waals surface area contributed by atoms with Crippen molar-refractivity contribution in [1.29, 1.82) is 0 Å². The van der Waals surface area contributed by atoms with Crippen LogP contribution in [0.2, 0.25) is 0 Å². The van der Waals surface area contributed by atoms with E-state index in [1.54, 1.807) is 17.6 Å². The quantitative estimate of drug-likeness (QED) is 0.472. The van der Waals surface area contributed by atoms with E-state index in [0.29, 0.717) is 49.0 Å². The third-order valence-electron chi connectivity index (χ3n) is 6.37. The van der Waals surface area contributed by atoms with E-state index >= 15 is 0 Å². The predicted octanol–water partition coefficient (Wildman–Crippen LogP) is 3.73. The molecule has 0 saturated heterocycles. The molecule has 0 spiro atoms. The van der Waals surface area contributed by atoms with Crippen molar-refractivity contribution in [3.05, 3.63) is 71.3 Å². The number of halogens is 1. The van der Waals surface area contributed by atoms with Crippen LogP contribution in [0, 0.1) is 12.7 Å². The number of pyridine rings is 1. The number of hydrogen-bond donors (Lipinski definition) is 1. The van der Waals surface area contributed by atoms with E-state index in [1.165, 1.54) is 18.3 Å². The van der Waals surface area contributed by atoms with E-state index in [1.807, 2.05) is 19.1 Å². The van der Waals surface area contributed by atoms with E-state index in [4.69, 9.17) is 4.74 Å². The summed E-state index contributed by atoms with van der Waals surface area (Å²) in [5, 5.41) is 9.25. The molecular formula is C26H29FN3O4+. The van der Waals surface area contributed by atoms with Crippen LogP contribution in [0.5, 0.6) is 5.75 Å². The maximum Gasteiger partial charge on any atom is 0.411 e. The Hall–Kier alpha value is -3.39. The molecule has 2 heterocycles. The van der Waals surface area contributed by atoms with Gasteiger partial charge in [0.15, 0.2) is 18.0 Å². The lowest BCUT2D eigenvalue weighted by Crippen LogP contribution is -2.47. The van der Waals surface area contributed by atoms with E-state index in [0.717, 1.165) is 24.1 Å². The highest BCUT2D eigenvalue weighted by atomic mass is 19.1. The SMILES string of the molecule is C=CC(=O)[N+]1=C(C)CN(CC(Oc2cnc(C(=O)O)c(C)c2)c2ccc(C3CC3)c(F)c2)CC1. The Labute approximate surface area is 198 Å². The Bertz CT molecular complexity index is 1170. The van der Waals surface area contributed by atoms with Gasteiger partial charge in [0.2, 0.25) is 0 Å². The van der Waals surface area contributed by atoms with Gasteiger partial charge in [-0.1, -0.05) is 18.7 Å². The number of rotatable bonds is 8. The first-order chi connectivity index (χ1) is 16.3. The van der Waals surface area contributed by atoms with Crippen molar-refractivity contribution >= 4 is 17.6 Å². The molecule has 7 nitrogen and oxygen atoms in total. The average molecular weight is 467 g/mol. The van der Waals surface area contributed by atoms with E-state index in [2.05, 4.69) is 16.5 Å². The molecule has 1 aromatic carbocycles. The summed E-state index contributed by atoms with van der Waals surface area (Å²) in [5.74, 6) is -0.732. The molecule has 1 aliphatic carbocycles. The number of aromatic carboxylic acids is 1. The molecule has 1 fully saturated rings. The summed E-state index contributed by atoms with van der Waals surface area (Å²) in [6.45, 7) is 9.34. The van der Waals surface area contributed by atoms with Crippen molar-refractivity contribution in [2.75, 3.05) is 26.2 Å². The molecule has 1 atom stereocenters. The van der Waals surface area contributed by atoms with Gasteiger partial charge in [-0.05, 0) is 54.5 Å². The van der Waals surface area contributed by atoms with Crippen LogP contribution < -0.4 is 4.74 Å². The lowest BCUT2D eigenvalue weighted by atomic mass is 10.0. The average Bonchev–Trinajstić information content (AvgIpc) is 3.63. The van der Waals surface area contributed by atoms with Gasteiger partial charge in [0.1, 0.15) is 17.7 Å². The Balaban J connectivity index is 1.59. The monoisotopic (exact) mass is 466 g/mol. The second kappa shape index (κ2) is 9.85. The number of carboxylic acid groups (broad SMARTS) is 1. The number of carbonyl (C=O) groups is 2. The fourth-order valence-electron chi connectivity index (χ4n) is 4.40. The minimum absolute atomic E-state index is 0.0306. The molecule has 8 heteroatoms. The molecule has 178 valence electrons. The zero-order chi connectivity index (χ0) is 24.4. The summed E-state index contributed by atoms with van der Waals surface area (Å²) >= 11 is 0. The summed E-state index contributed by atoms with van der Waals surface area (Å²) < 4.78 is 22.8.